The first-order chi connectivity index (χ1) is 7.72. The third-order valence-corrected chi connectivity index (χ3v) is 2.35. The quantitative estimate of drug-likeness (QED) is 0.721. The molecule has 0 spiro atoms. The van der Waals surface area contributed by atoms with Crippen molar-refractivity contribution in [2.75, 3.05) is 0 Å². The molecule has 0 fully saturated rings. The normalized spacial score (nSPS) is 10.3. The summed E-state index contributed by atoms with van der Waals surface area (Å²) < 4.78 is 0. The van der Waals surface area contributed by atoms with E-state index in [1.54, 1.807) is 0 Å². The molecule has 0 radical (unpaired) electrons. The van der Waals surface area contributed by atoms with Gasteiger partial charge in [-0.25, -0.2) is 4.79 Å². The molecule has 0 aliphatic rings. The van der Waals surface area contributed by atoms with E-state index >= 15 is 0 Å². The largest absolute Gasteiger partial charge is 0.478 e. The minimum Gasteiger partial charge on any atom is -0.478 e. The molecule has 5 heteroatoms. The zero-order valence-corrected chi connectivity index (χ0v) is 8.47. The van der Waals surface area contributed by atoms with E-state index in [1.165, 1.54) is 6.20 Å². The molecule has 5 nitrogen and oxygen atoms in total. The third kappa shape index (κ3) is 1.80. The fourth-order valence-corrected chi connectivity index (χ4v) is 1.48. The van der Waals surface area contributed by atoms with Gasteiger partial charge < -0.3 is 10.8 Å². The Morgan fingerprint density at radius 1 is 1.38 bits per heavy atom. The van der Waals surface area contributed by atoms with E-state index in [4.69, 9.17) is 10.8 Å². The number of carbonyl (C=O) groups is 1. The lowest BCUT2D eigenvalue weighted by molar-refractivity contribution is 0.0698. The molecule has 4 N–H and O–H groups in total. The van der Waals surface area contributed by atoms with Crippen LogP contribution in [0.1, 0.15) is 15.9 Å². The summed E-state index contributed by atoms with van der Waals surface area (Å²) in [5.41, 5.74) is 7.94. The van der Waals surface area contributed by atoms with Gasteiger partial charge in [-0.3, -0.25) is 5.10 Å². The highest BCUT2D eigenvalue weighted by Crippen LogP contribution is 2.21. The van der Waals surface area contributed by atoms with Gasteiger partial charge >= 0.3 is 5.97 Å². The first-order valence-corrected chi connectivity index (χ1v) is 4.78. The van der Waals surface area contributed by atoms with Gasteiger partial charge in [-0.1, -0.05) is 24.3 Å². The number of aromatic carboxylic acids is 1. The summed E-state index contributed by atoms with van der Waals surface area (Å²) in [6.07, 6.45) is 1.30. The van der Waals surface area contributed by atoms with Gasteiger partial charge in [0.25, 0.3) is 0 Å². The van der Waals surface area contributed by atoms with E-state index in [9.17, 15) is 4.79 Å². The summed E-state index contributed by atoms with van der Waals surface area (Å²) in [5.74, 6) is -0.994. The van der Waals surface area contributed by atoms with Crippen molar-refractivity contribution in [2.24, 2.45) is 5.73 Å². The van der Waals surface area contributed by atoms with Crippen LogP contribution in [0.15, 0.2) is 30.5 Å². The zero-order valence-electron chi connectivity index (χ0n) is 8.47. The average Bonchev–Trinajstić information content (AvgIpc) is 2.78. The second kappa shape index (κ2) is 4.16. The Morgan fingerprint density at radius 2 is 2.06 bits per heavy atom. The highest BCUT2D eigenvalue weighted by molar-refractivity contribution is 5.94. The Balaban J connectivity index is 2.42. The topological polar surface area (TPSA) is 92.0 Å². The van der Waals surface area contributed by atoms with Crippen molar-refractivity contribution < 1.29 is 9.90 Å². The fraction of sp³-hybridized carbons (Fsp3) is 0.0909. The molecule has 2 rings (SSSR count). The molecule has 2 aromatic rings. The van der Waals surface area contributed by atoms with E-state index < -0.39 is 5.97 Å². The number of nitrogens with two attached hydrogens (primary N) is 1. The first kappa shape index (κ1) is 10.4. The van der Waals surface area contributed by atoms with E-state index in [2.05, 4.69) is 10.2 Å². The number of nitrogens with one attached hydrogen (secondary N) is 1. The van der Waals surface area contributed by atoms with Crippen molar-refractivity contribution >= 4 is 5.97 Å². The second-order valence-electron chi connectivity index (χ2n) is 3.36. The zero-order chi connectivity index (χ0) is 11.5. The Kier molecular flexibility index (Phi) is 2.70. The van der Waals surface area contributed by atoms with Crippen LogP contribution in [-0.4, -0.2) is 21.3 Å². The van der Waals surface area contributed by atoms with E-state index in [-0.39, 0.29) is 5.56 Å². The van der Waals surface area contributed by atoms with Gasteiger partial charge in [0.05, 0.1) is 11.9 Å². The molecule has 0 aliphatic carbocycles. The highest BCUT2D eigenvalue weighted by atomic mass is 16.4. The van der Waals surface area contributed by atoms with E-state index in [0.29, 0.717) is 12.2 Å². The summed E-state index contributed by atoms with van der Waals surface area (Å²) in [6.45, 7) is 0.467. The monoisotopic (exact) mass is 217 g/mol. The van der Waals surface area contributed by atoms with Gasteiger partial charge in [0, 0.05) is 12.1 Å². The minimum atomic E-state index is -0.994. The van der Waals surface area contributed by atoms with Gasteiger partial charge in [0.1, 0.15) is 5.56 Å². The number of hydrogen-bond acceptors (Lipinski definition) is 3. The van der Waals surface area contributed by atoms with Gasteiger partial charge in [-0.05, 0) is 5.56 Å². The number of aromatic amines is 1. The highest BCUT2D eigenvalue weighted by Gasteiger charge is 2.13. The number of carboxylic acids is 1. The van der Waals surface area contributed by atoms with Crippen LogP contribution in [-0.2, 0) is 6.54 Å². The Bertz CT molecular complexity index is 502. The number of benzene rings is 1. The van der Waals surface area contributed by atoms with Crippen molar-refractivity contribution in [2.45, 2.75) is 6.54 Å². The van der Waals surface area contributed by atoms with Crippen molar-refractivity contribution in [3.63, 3.8) is 0 Å². The van der Waals surface area contributed by atoms with Gasteiger partial charge in [-0.15, -0.1) is 0 Å². The van der Waals surface area contributed by atoms with Crippen LogP contribution >= 0.6 is 0 Å². The summed E-state index contributed by atoms with van der Waals surface area (Å²) in [4.78, 5) is 10.9. The molecule has 1 heterocycles. The summed E-state index contributed by atoms with van der Waals surface area (Å²) in [5, 5.41) is 15.3. The van der Waals surface area contributed by atoms with Crippen LogP contribution < -0.4 is 5.73 Å². The summed E-state index contributed by atoms with van der Waals surface area (Å²) >= 11 is 0. The predicted octanol–water partition coefficient (Wildman–Crippen LogP) is 1.23. The van der Waals surface area contributed by atoms with E-state index in [0.717, 1.165) is 11.1 Å². The Hall–Kier alpha value is -2.14. The van der Waals surface area contributed by atoms with Gasteiger partial charge in [-0.2, -0.15) is 5.10 Å². The third-order valence-electron chi connectivity index (χ3n) is 2.35. The molecule has 16 heavy (non-hydrogen) atoms. The van der Waals surface area contributed by atoms with Gasteiger partial charge in [0.15, 0.2) is 0 Å². The van der Waals surface area contributed by atoms with Crippen molar-refractivity contribution in [3.8, 4) is 11.3 Å². The standard InChI is InChI=1S/C11H11N3O2/c12-5-7-1-3-8(4-2-7)10-9(11(15)16)6-13-14-10/h1-4,6H,5,12H2,(H,13,14)(H,15,16). The molecule has 1 aromatic carbocycles. The Morgan fingerprint density at radius 3 is 2.62 bits per heavy atom. The van der Waals surface area contributed by atoms with Crippen molar-refractivity contribution in [1.82, 2.24) is 10.2 Å². The number of rotatable bonds is 3. The van der Waals surface area contributed by atoms with Crippen LogP contribution in [0.4, 0.5) is 0 Å². The average molecular weight is 217 g/mol. The molecule has 0 aliphatic heterocycles. The van der Waals surface area contributed by atoms with Crippen LogP contribution in [0.2, 0.25) is 0 Å². The molecule has 1 aromatic heterocycles. The molecule has 0 amide bonds. The van der Waals surface area contributed by atoms with E-state index in [1.807, 2.05) is 24.3 Å². The molecule has 0 atom stereocenters. The van der Waals surface area contributed by atoms with Crippen molar-refractivity contribution in [3.05, 3.63) is 41.6 Å². The smallest absolute Gasteiger partial charge is 0.339 e. The number of carboxylic acid groups (broad SMARTS) is 1. The lowest BCUT2D eigenvalue weighted by Crippen LogP contribution is -1.98. The van der Waals surface area contributed by atoms with Gasteiger partial charge in [0.2, 0.25) is 0 Å². The lowest BCUT2D eigenvalue weighted by atomic mass is 10.1. The molecule has 0 saturated carbocycles. The Labute approximate surface area is 91.9 Å². The molecule has 0 saturated heterocycles. The number of nitrogens with zero attached hydrogens (tertiary/aromatic N) is 1. The van der Waals surface area contributed by atoms with Crippen LogP contribution in [0, 0.1) is 0 Å². The van der Waals surface area contributed by atoms with Crippen LogP contribution in [0.5, 0.6) is 0 Å². The van der Waals surface area contributed by atoms with Crippen LogP contribution in [0.25, 0.3) is 11.3 Å². The molecular weight excluding hydrogens is 206 g/mol. The lowest BCUT2D eigenvalue weighted by Gasteiger charge is -2.01. The SMILES string of the molecule is NCc1ccc(-c2[nH]ncc2C(=O)O)cc1. The molecule has 0 bridgehead atoms. The number of aromatic nitrogens is 2. The molecule has 82 valence electrons. The first-order valence-electron chi connectivity index (χ1n) is 4.78. The second-order valence-corrected chi connectivity index (χ2v) is 3.36. The fourth-order valence-electron chi connectivity index (χ4n) is 1.48. The number of H-pyrrole nitrogens is 1. The minimum absolute atomic E-state index is 0.167. The molecular formula is C11H11N3O2. The van der Waals surface area contributed by atoms with Crippen molar-refractivity contribution in [1.29, 1.82) is 0 Å². The summed E-state index contributed by atoms with van der Waals surface area (Å²) in [6, 6.07) is 7.37. The number of hydrogen-bond donors (Lipinski definition) is 3. The van der Waals surface area contributed by atoms with Crippen LogP contribution in [0.3, 0.4) is 0 Å². The maximum atomic E-state index is 10.9. The predicted molar refractivity (Wildman–Crippen MR) is 58.9 cm³/mol. The maximum Gasteiger partial charge on any atom is 0.339 e. The molecule has 0 unspecified atom stereocenters. The maximum absolute atomic E-state index is 10.9. The summed E-state index contributed by atoms with van der Waals surface area (Å²) in [7, 11) is 0.